The molecule has 0 saturated carbocycles. The quantitative estimate of drug-likeness (QED) is 0.705. The van der Waals surface area contributed by atoms with Gasteiger partial charge >= 0.3 is 0 Å². The molecule has 2 amide bonds. The molecule has 1 aromatic carbocycles. The predicted molar refractivity (Wildman–Crippen MR) is 105 cm³/mol. The topological polar surface area (TPSA) is 102 Å². The first-order valence-electron chi connectivity index (χ1n) is 8.75. The summed E-state index contributed by atoms with van der Waals surface area (Å²) in [6.45, 7) is 3.49. The summed E-state index contributed by atoms with van der Waals surface area (Å²) in [4.78, 5) is 42.7. The van der Waals surface area contributed by atoms with Gasteiger partial charge in [-0.3, -0.25) is 23.6 Å². The fourth-order valence-corrected chi connectivity index (χ4v) is 2.94. The molecule has 9 heteroatoms. The Bertz CT molecular complexity index is 1090. The summed E-state index contributed by atoms with van der Waals surface area (Å²) < 4.78 is 2.71. The lowest BCUT2D eigenvalue weighted by Gasteiger charge is -2.18. The summed E-state index contributed by atoms with van der Waals surface area (Å²) in [5.74, 6) is -0.676. The van der Waals surface area contributed by atoms with Crippen LogP contribution in [0.2, 0.25) is 0 Å². The number of aromatic nitrogens is 4. The van der Waals surface area contributed by atoms with Gasteiger partial charge in [0, 0.05) is 19.8 Å². The van der Waals surface area contributed by atoms with E-state index < -0.39 is 0 Å². The van der Waals surface area contributed by atoms with Crippen molar-refractivity contribution in [1.29, 1.82) is 0 Å². The maximum Gasteiger partial charge on any atom is 0.264 e. The Morgan fingerprint density at radius 2 is 1.89 bits per heavy atom. The lowest BCUT2D eigenvalue weighted by molar-refractivity contribution is -0.133. The standard InChI is InChI=1S/C19H22N6O3/c1-12-6-5-7-13(2)17(12)22-15(26)9-23(3)16(27)10-25-11-20-18-14(19(25)28)8-21-24(18)4/h5-8,11H,9-10H2,1-4H3,(H,22,26). The summed E-state index contributed by atoms with van der Waals surface area (Å²) in [6, 6.07) is 5.73. The summed E-state index contributed by atoms with van der Waals surface area (Å²) in [5, 5.41) is 7.18. The van der Waals surface area contributed by atoms with Gasteiger partial charge < -0.3 is 10.2 Å². The van der Waals surface area contributed by atoms with Crippen molar-refractivity contribution in [2.24, 2.45) is 7.05 Å². The first kappa shape index (κ1) is 19.3. The fraction of sp³-hybridized carbons (Fsp3) is 0.316. The van der Waals surface area contributed by atoms with Crippen molar-refractivity contribution in [3.8, 4) is 0 Å². The van der Waals surface area contributed by atoms with Crippen molar-refractivity contribution >= 4 is 28.5 Å². The van der Waals surface area contributed by atoms with E-state index in [0.717, 1.165) is 16.8 Å². The molecule has 0 saturated heterocycles. The van der Waals surface area contributed by atoms with Gasteiger partial charge in [0.25, 0.3) is 5.56 Å². The molecule has 0 aliphatic rings. The van der Waals surface area contributed by atoms with Crippen molar-refractivity contribution in [2.45, 2.75) is 20.4 Å². The highest BCUT2D eigenvalue weighted by molar-refractivity contribution is 5.95. The summed E-state index contributed by atoms with van der Waals surface area (Å²) in [7, 11) is 3.21. The molecule has 2 aromatic heterocycles. The number of aryl methyl sites for hydroxylation is 3. The predicted octanol–water partition coefficient (Wildman–Crippen LogP) is 0.844. The lowest BCUT2D eigenvalue weighted by Crippen LogP contribution is -2.38. The molecule has 0 spiro atoms. The average molecular weight is 382 g/mol. The number of anilines is 1. The smallest absolute Gasteiger partial charge is 0.264 e. The van der Waals surface area contributed by atoms with E-state index in [9.17, 15) is 14.4 Å². The van der Waals surface area contributed by atoms with Crippen LogP contribution in [0.5, 0.6) is 0 Å². The van der Waals surface area contributed by atoms with Crippen molar-refractivity contribution in [2.75, 3.05) is 18.9 Å². The number of hydrogen-bond acceptors (Lipinski definition) is 5. The number of fused-ring (bicyclic) bond motifs is 1. The third kappa shape index (κ3) is 3.78. The average Bonchev–Trinajstić information content (AvgIpc) is 3.02. The molecule has 0 aliphatic heterocycles. The van der Waals surface area contributed by atoms with Crippen molar-refractivity contribution in [1.82, 2.24) is 24.2 Å². The van der Waals surface area contributed by atoms with Gasteiger partial charge in [-0.05, 0) is 25.0 Å². The monoisotopic (exact) mass is 382 g/mol. The van der Waals surface area contributed by atoms with E-state index in [4.69, 9.17) is 0 Å². The van der Waals surface area contributed by atoms with Crippen LogP contribution in [0.4, 0.5) is 5.69 Å². The minimum absolute atomic E-state index is 0.121. The zero-order chi connectivity index (χ0) is 20.4. The molecule has 3 aromatic rings. The van der Waals surface area contributed by atoms with Crippen LogP contribution in [0, 0.1) is 13.8 Å². The number of nitrogens with one attached hydrogen (secondary N) is 1. The molecule has 0 unspecified atom stereocenters. The van der Waals surface area contributed by atoms with Crippen LogP contribution in [0.15, 0.2) is 35.5 Å². The number of para-hydroxylation sites is 1. The molecule has 28 heavy (non-hydrogen) atoms. The van der Waals surface area contributed by atoms with Crippen molar-refractivity contribution < 1.29 is 9.59 Å². The second kappa shape index (κ2) is 7.63. The van der Waals surface area contributed by atoms with E-state index in [1.54, 1.807) is 7.05 Å². The summed E-state index contributed by atoms with van der Waals surface area (Å²) in [6.07, 6.45) is 2.74. The maximum absolute atomic E-state index is 12.5. The van der Waals surface area contributed by atoms with Crippen LogP contribution in [0.3, 0.4) is 0 Å². The van der Waals surface area contributed by atoms with Crippen LogP contribution in [-0.4, -0.2) is 49.6 Å². The number of rotatable bonds is 5. The molecule has 3 rings (SSSR count). The maximum atomic E-state index is 12.5. The number of hydrogen-bond donors (Lipinski definition) is 1. The molecule has 1 N–H and O–H groups in total. The molecule has 2 heterocycles. The van der Waals surface area contributed by atoms with E-state index >= 15 is 0 Å². The minimum Gasteiger partial charge on any atom is -0.335 e. The molecule has 146 valence electrons. The molecular weight excluding hydrogens is 360 g/mol. The number of nitrogens with zero attached hydrogens (tertiary/aromatic N) is 5. The van der Waals surface area contributed by atoms with Gasteiger partial charge in [0.1, 0.15) is 18.3 Å². The largest absolute Gasteiger partial charge is 0.335 e. The van der Waals surface area contributed by atoms with Gasteiger partial charge in [0.05, 0.1) is 12.7 Å². The molecule has 0 radical (unpaired) electrons. The Morgan fingerprint density at radius 1 is 1.21 bits per heavy atom. The Morgan fingerprint density at radius 3 is 2.57 bits per heavy atom. The molecule has 0 fully saturated rings. The molecule has 0 aliphatic carbocycles. The van der Waals surface area contributed by atoms with Crippen molar-refractivity contribution in [3.63, 3.8) is 0 Å². The molecular formula is C19H22N6O3. The van der Waals surface area contributed by atoms with E-state index in [1.807, 2.05) is 32.0 Å². The van der Waals surface area contributed by atoms with Gasteiger partial charge in [-0.2, -0.15) is 5.10 Å². The van der Waals surface area contributed by atoms with Gasteiger partial charge in [-0.15, -0.1) is 0 Å². The van der Waals surface area contributed by atoms with E-state index in [0.29, 0.717) is 11.0 Å². The minimum atomic E-state index is -0.371. The number of likely N-dealkylation sites (N-methyl/N-ethyl adjacent to an activating group) is 1. The van der Waals surface area contributed by atoms with E-state index in [2.05, 4.69) is 15.4 Å². The highest BCUT2D eigenvalue weighted by Crippen LogP contribution is 2.19. The lowest BCUT2D eigenvalue weighted by atomic mass is 10.1. The Hall–Kier alpha value is -3.49. The number of carbonyl (C=O) groups is 2. The molecule has 0 atom stereocenters. The van der Waals surface area contributed by atoms with Gasteiger partial charge in [-0.25, -0.2) is 4.98 Å². The second-order valence-corrected chi connectivity index (χ2v) is 6.75. The highest BCUT2D eigenvalue weighted by Gasteiger charge is 2.17. The Kier molecular flexibility index (Phi) is 5.25. The van der Waals surface area contributed by atoms with Crippen LogP contribution < -0.4 is 10.9 Å². The number of carbonyl (C=O) groups excluding carboxylic acids is 2. The van der Waals surface area contributed by atoms with Crippen molar-refractivity contribution in [3.05, 3.63) is 52.2 Å². The zero-order valence-corrected chi connectivity index (χ0v) is 16.3. The second-order valence-electron chi connectivity index (χ2n) is 6.75. The van der Waals surface area contributed by atoms with Gasteiger partial charge in [0.2, 0.25) is 11.8 Å². The third-order valence-corrected chi connectivity index (χ3v) is 4.58. The van der Waals surface area contributed by atoms with Crippen LogP contribution in [0.25, 0.3) is 11.0 Å². The molecule has 9 nitrogen and oxygen atoms in total. The van der Waals surface area contributed by atoms with Gasteiger partial charge in [0.15, 0.2) is 5.65 Å². The number of benzene rings is 1. The Labute approximate surface area is 161 Å². The summed E-state index contributed by atoms with van der Waals surface area (Å²) >= 11 is 0. The summed E-state index contributed by atoms with van der Waals surface area (Å²) in [5.41, 5.74) is 2.75. The highest BCUT2D eigenvalue weighted by atomic mass is 16.2. The fourth-order valence-electron chi connectivity index (χ4n) is 2.94. The van der Waals surface area contributed by atoms with Crippen LogP contribution >= 0.6 is 0 Å². The zero-order valence-electron chi connectivity index (χ0n) is 16.3. The number of amides is 2. The normalized spacial score (nSPS) is 10.9. The van der Waals surface area contributed by atoms with Crippen LogP contribution in [-0.2, 0) is 23.2 Å². The first-order valence-corrected chi connectivity index (χ1v) is 8.75. The third-order valence-electron chi connectivity index (χ3n) is 4.58. The first-order chi connectivity index (χ1) is 13.3. The van der Waals surface area contributed by atoms with E-state index in [-0.39, 0.29) is 30.5 Å². The van der Waals surface area contributed by atoms with Gasteiger partial charge in [-0.1, -0.05) is 18.2 Å². The Balaban J connectivity index is 1.67. The van der Waals surface area contributed by atoms with Crippen LogP contribution in [0.1, 0.15) is 11.1 Å². The molecule has 0 bridgehead atoms. The van der Waals surface area contributed by atoms with E-state index in [1.165, 1.54) is 33.7 Å². The SMILES string of the molecule is Cc1cccc(C)c1NC(=O)CN(C)C(=O)Cn1cnc2c(cnn2C)c1=O.